The molecule has 4 nitrogen and oxygen atoms in total. The molecule has 0 aliphatic carbocycles. The number of hydrogen-bond acceptors (Lipinski definition) is 3. The zero-order chi connectivity index (χ0) is 9.56. The summed E-state index contributed by atoms with van der Waals surface area (Å²) in [7, 11) is 0. The van der Waals surface area contributed by atoms with Crippen LogP contribution in [0.15, 0.2) is 5.10 Å². The van der Waals surface area contributed by atoms with Crippen molar-refractivity contribution in [1.82, 2.24) is 5.01 Å². The first kappa shape index (κ1) is 10.9. The second kappa shape index (κ2) is 5.57. The predicted octanol–water partition coefficient (Wildman–Crippen LogP) is 1.86. The molecule has 12 heavy (non-hydrogen) atoms. The van der Waals surface area contributed by atoms with Gasteiger partial charge in [-0.25, -0.2) is 4.79 Å². The Hall–Kier alpha value is -1.06. The number of hydrogen-bond donors (Lipinski definition) is 0. The maximum absolute atomic E-state index is 11.2. The van der Waals surface area contributed by atoms with Gasteiger partial charge in [0.25, 0.3) is 0 Å². The molecule has 0 aromatic carbocycles. The molecule has 0 heterocycles. The van der Waals surface area contributed by atoms with Gasteiger partial charge in [-0.2, -0.15) is 10.1 Å². The van der Waals surface area contributed by atoms with E-state index in [2.05, 4.69) is 5.10 Å². The van der Waals surface area contributed by atoms with Crippen molar-refractivity contribution in [3.05, 3.63) is 0 Å². The lowest BCUT2D eigenvalue weighted by molar-refractivity contribution is 0.0978. The Labute approximate surface area is 73.2 Å². The second-order valence-corrected chi connectivity index (χ2v) is 2.51. The van der Waals surface area contributed by atoms with Crippen LogP contribution in [0.3, 0.4) is 0 Å². The molecule has 70 valence electrons. The van der Waals surface area contributed by atoms with Gasteiger partial charge in [-0.1, -0.05) is 0 Å². The van der Waals surface area contributed by atoms with Crippen molar-refractivity contribution in [1.29, 1.82) is 0 Å². The van der Waals surface area contributed by atoms with Crippen molar-refractivity contribution in [3.8, 4) is 0 Å². The number of carbonyl (C=O) groups is 1. The summed E-state index contributed by atoms with van der Waals surface area (Å²) in [6, 6.07) is 0.0280. The first-order chi connectivity index (χ1) is 5.63. The highest BCUT2D eigenvalue weighted by atomic mass is 16.6. The Kier molecular flexibility index (Phi) is 5.08. The minimum atomic E-state index is -0.398. The van der Waals surface area contributed by atoms with Gasteiger partial charge in [0.05, 0.1) is 12.6 Å². The molecule has 0 aliphatic rings. The van der Waals surface area contributed by atoms with E-state index in [1.54, 1.807) is 20.1 Å². The average Bonchev–Trinajstić information content (AvgIpc) is 1.99. The highest BCUT2D eigenvalue weighted by Crippen LogP contribution is 2.01. The molecule has 0 fully saturated rings. The normalized spacial score (nSPS) is 10.8. The molecule has 0 radical (unpaired) electrons. The zero-order valence-electron chi connectivity index (χ0n) is 8.07. The van der Waals surface area contributed by atoms with E-state index in [1.807, 2.05) is 13.8 Å². The van der Waals surface area contributed by atoms with Gasteiger partial charge in [-0.15, -0.1) is 0 Å². The smallest absolute Gasteiger partial charge is 0.430 e. The Morgan fingerprint density at radius 2 is 2.25 bits per heavy atom. The summed E-state index contributed by atoms with van der Waals surface area (Å²) in [5, 5.41) is 5.18. The van der Waals surface area contributed by atoms with Crippen LogP contribution >= 0.6 is 0 Å². The van der Waals surface area contributed by atoms with Gasteiger partial charge in [0.15, 0.2) is 0 Å². The third kappa shape index (κ3) is 3.37. The Morgan fingerprint density at radius 3 is 2.58 bits per heavy atom. The minimum absolute atomic E-state index is 0.0280. The molecular formula is C8H16N2O2. The summed E-state index contributed by atoms with van der Waals surface area (Å²) >= 11 is 0. The van der Waals surface area contributed by atoms with Gasteiger partial charge >= 0.3 is 6.09 Å². The Bertz CT molecular complexity index is 166. The molecule has 0 aromatic rings. The molecule has 0 aliphatic heterocycles. The molecule has 1 amide bonds. The van der Waals surface area contributed by atoms with E-state index in [9.17, 15) is 4.79 Å². The van der Waals surface area contributed by atoms with Gasteiger partial charge in [-0.3, -0.25) is 0 Å². The van der Waals surface area contributed by atoms with Gasteiger partial charge in [-0.05, 0) is 27.7 Å². The molecule has 0 saturated heterocycles. The van der Waals surface area contributed by atoms with E-state index in [0.717, 1.165) is 0 Å². The fraction of sp³-hybridized carbons (Fsp3) is 0.750. The summed E-state index contributed by atoms with van der Waals surface area (Å²) < 4.78 is 4.79. The van der Waals surface area contributed by atoms with Gasteiger partial charge in [0.1, 0.15) is 0 Å². The molecule has 0 unspecified atom stereocenters. The molecule has 0 N–H and O–H groups in total. The minimum Gasteiger partial charge on any atom is -0.448 e. The fourth-order valence-electron chi connectivity index (χ4n) is 0.705. The van der Waals surface area contributed by atoms with Crippen LogP contribution in [0.25, 0.3) is 0 Å². The molecule has 0 rings (SSSR count). The van der Waals surface area contributed by atoms with Crippen molar-refractivity contribution < 1.29 is 9.53 Å². The quantitative estimate of drug-likeness (QED) is 0.481. The highest BCUT2D eigenvalue weighted by molar-refractivity contribution is 5.69. The fourth-order valence-corrected chi connectivity index (χ4v) is 0.705. The Balaban J connectivity index is 4.19. The molecule has 0 bridgehead atoms. The molecular weight excluding hydrogens is 156 g/mol. The number of ether oxygens (including phenoxy) is 1. The number of rotatable bonds is 3. The van der Waals surface area contributed by atoms with Crippen LogP contribution in [0.2, 0.25) is 0 Å². The largest absolute Gasteiger partial charge is 0.448 e. The monoisotopic (exact) mass is 172 g/mol. The lowest BCUT2D eigenvalue weighted by Gasteiger charge is -2.19. The summed E-state index contributed by atoms with van der Waals surface area (Å²) in [5.41, 5.74) is 0. The number of amides is 1. The summed E-state index contributed by atoms with van der Waals surface area (Å²) in [6.45, 7) is 7.66. The van der Waals surface area contributed by atoms with Crippen LogP contribution in [0, 0.1) is 0 Å². The Morgan fingerprint density at radius 1 is 1.67 bits per heavy atom. The van der Waals surface area contributed by atoms with Crippen LogP contribution < -0.4 is 0 Å². The lowest BCUT2D eigenvalue weighted by atomic mass is 10.4. The van der Waals surface area contributed by atoms with E-state index >= 15 is 0 Å². The number of carbonyl (C=O) groups excluding carboxylic acids is 1. The van der Waals surface area contributed by atoms with E-state index in [4.69, 9.17) is 4.74 Å². The SMILES string of the molecule is C/C=N\N(C(=O)OCC)C(C)C. The second-order valence-electron chi connectivity index (χ2n) is 2.51. The maximum Gasteiger partial charge on any atom is 0.430 e. The van der Waals surface area contributed by atoms with Gasteiger partial charge in [0, 0.05) is 6.21 Å². The zero-order valence-corrected chi connectivity index (χ0v) is 8.07. The van der Waals surface area contributed by atoms with Gasteiger partial charge < -0.3 is 4.74 Å². The van der Waals surface area contributed by atoms with Crippen molar-refractivity contribution in [3.63, 3.8) is 0 Å². The third-order valence-corrected chi connectivity index (χ3v) is 1.18. The summed E-state index contributed by atoms with van der Waals surface area (Å²) in [5.74, 6) is 0. The van der Waals surface area contributed by atoms with E-state index < -0.39 is 6.09 Å². The third-order valence-electron chi connectivity index (χ3n) is 1.18. The standard InChI is InChI=1S/C8H16N2O2/c1-5-9-10(7(3)4)8(11)12-6-2/h5,7H,6H2,1-4H3/b9-5-. The maximum atomic E-state index is 11.2. The summed E-state index contributed by atoms with van der Waals surface area (Å²) in [4.78, 5) is 11.2. The topological polar surface area (TPSA) is 41.9 Å². The molecule has 0 aromatic heterocycles. The van der Waals surface area contributed by atoms with Crippen LogP contribution in [0.4, 0.5) is 4.79 Å². The highest BCUT2D eigenvalue weighted by Gasteiger charge is 2.15. The average molecular weight is 172 g/mol. The van der Waals surface area contributed by atoms with Crippen molar-refractivity contribution in [2.75, 3.05) is 6.61 Å². The summed E-state index contributed by atoms with van der Waals surface area (Å²) in [6.07, 6.45) is 1.17. The lowest BCUT2D eigenvalue weighted by Crippen LogP contribution is -2.32. The van der Waals surface area contributed by atoms with Gasteiger partial charge in [0.2, 0.25) is 0 Å². The van der Waals surface area contributed by atoms with E-state index in [0.29, 0.717) is 6.61 Å². The molecule has 0 spiro atoms. The van der Waals surface area contributed by atoms with Crippen LogP contribution in [-0.4, -0.2) is 30.0 Å². The number of nitrogens with zero attached hydrogens (tertiary/aromatic N) is 2. The predicted molar refractivity (Wildman–Crippen MR) is 48.2 cm³/mol. The molecule has 0 atom stereocenters. The van der Waals surface area contributed by atoms with Crippen LogP contribution in [0.5, 0.6) is 0 Å². The van der Waals surface area contributed by atoms with Crippen molar-refractivity contribution >= 4 is 12.3 Å². The first-order valence-corrected chi connectivity index (χ1v) is 4.08. The first-order valence-electron chi connectivity index (χ1n) is 4.08. The molecule has 0 saturated carbocycles. The van der Waals surface area contributed by atoms with Crippen LogP contribution in [0.1, 0.15) is 27.7 Å². The molecule has 4 heteroatoms. The van der Waals surface area contributed by atoms with Crippen molar-refractivity contribution in [2.24, 2.45) is 5.10 Å². The van der Waals surface area contributed by atoms with E-state index in [-0.39, 0.29) is 6.04 Å². The van der Waals surface area contributed by atoms with Crippen LogP contribution in [-0.2, 0) is 4.74 Å². The number of hydrazone groups is 1. The van der Waals surface area contributed by atoms with Crippen molar-refractivity contribution in [2.45, 2.75) is 33.7 Å². The van der Waals surface area contributed by atoms with E-state index in [1.165, 1.54) is 5.01 Å².